The predicted octanol–water partition coefficient (Wildman–Crippen LogP) is 5.35. The van der Waals surface area contributed by atoms with Gasteiger partial charge in [-0.15, -0.1) is 0 Å². The topological polar surface area (TPSA) is 26.3 Å². The summed E-state index contributed by atoms with van der Waals surface area (Å²) in [6.07, 6.45) is 0. The fourth-order valence-electron chi connectivity index (χ4n) is 2.88. The number of fused-ring (bicyclic) bond motifs is 2. The number of benzene rings is 4. The molecule has 0 atom stereocenters. The minimum atomic E-state index is -0.297. The van der Waals surface area contributed by atoms with Crippen LogP contribution in [0, 0.1) is 0 Å². The minimum absolute atomic E-state index is 0.274. The fraction of sp³-hybridized carbons (Fsp3) is 0.0455. The van der Waals surface area contributed by atoms with Crippen LogP contribution in [0.2, 0.25) is 0 Å². The molecule has 0 amide bonds. The van der Waals surface area contributed by atoms with E-state index in [4.69, 9.17) is 4.74 Å². The van der Waals surface area contributed by atoms with E-state index in [-0.39, 0.29) is 12.6 Å². The molecule has 4 rings (SSSR count). The summed E-state index contributed by atoms with van der Waals surface area (Å²) in [7, 11) is 0. The Morgan fingerprint density at radius 3 is 1.96 bits per heavy atom. The van der Waals surface area contributed by atoms with Gasteiger partial charge >= 0.3 is 5.97 Å². The number of carbonyl (C=O) groups is 1. The number of hydrogen-bond acceptors (Lipinski definition) is 2. The second-order valence-electron chi connectivity index (χ2n) is 5.82. The van der Waals surface area contributed by atoms with E-state index < -0.39 is 0 Å². The Kier molecular flexibility index (Phi) is 3.72. The first kappa shape index (κ1) is 14.5. The molecule has 0 radical (unpaired) electrons. The van der Waals surface area contributed by atoms with Crippen LogP contribution in [0.4, 0.5) is 0 Å². The first-order chi connectivity index (χ1) is 11.8. The monoisotopic (exact) mass is 312 g/mol. The number of esters is 1. The smallest absolute Gasteiger partial charge is 0.338 e. The lowest BCUT2D eigenvalue weighted by molar-refractivity contribution is 0.0473. The van der Waals surface area contributed by atoms with E-state index in [0.29, 0.717) is 5.56 Å². The summed E-state index contributed by atoms with van der Waals surface area (Å²) in [6, 6.07) is 27.9. The largest absolute Gasteiger partial charge is 0.457 e. The normalized spacial score (nSPS) is 10.8. The maximum atomic E-state index is 12.3. The van der Waals surface area contributed by atoms with E-state index in [1.54, 1.807) is 0 Å². The van der Waals surface area contributed by atoms with Gasteiger partial charge in [0.25, 0.3) is 0 Å². The lowest BCUT2D eigenvalue weighted by Crippen LogP contribution is -2.05. The molecular weight excluding hydrogens is 296 g/mol. The van der Waals surface area contributed by atoms with Crippen molar-refractivity contribution in [1.82, 2.24) is 0 Å². The maximum Gasteiger partial charge on any atom is 0.338 e. The molecule has 0 aliphatic carbocycles. The summed E-state index contributed by atoms with van der Waals surface area (Å²) in [6.45, 7) is 0.274. The van der Waals surface area contributed by atoms with Crippen LogP contribution in [0.3, 0.4) is 0 Å². The summed E-state index contributed by atoms with van der Waals surface area (Å²) < 4.78 is 5.47. The highest BCUT2D eigenvalue weighted by molar-refractivity contribution is 5.95. The first-order valence-corrected chi connectivity index (χ1v) is 7.93. The fourth-order valence-corrected chi connectivity index (χ4v) is 2.88. The van der Waals surface area contributed by atoms with E-state index in [0.717, 1.165) is 21.7 Å². The Bertz CT molecular complexity index is 1030. The summed E-state index contributed by atoms with van der Waals surface area (Å²) >= 11 is 0. The molecule has 0 heterocycles. The lowest BCUT2D eigenvalue weighted by Gasteiger charge is -2.07. The van der Waals surface area contributed by atoms with E-state index in [2.05, 4.69) is 24.3 Å². The molecule has 0 N–H and O–H groups in total. The third-order valence-corrected chi connectivity index (χ3v) is 4.17. The standard InChI is InChI=1S/C22H16O2/c23-22(21-12-11-18-6-2-4-8-20(18)14-21)24-15-16-9-10-17-5-1-3-7-19(17)13-16/h1-14H,15H2. The van der Waals surface area contributed by atoms with Gasteiger partial charge in [-0.2, -0.15) is 0 Å². The van der Waals surface area contributed by atoms with Crippen molar-refractivity contribution in [2.75, 3.05) is 0 Å². The average Bonchev–Trinajstić information content (AvgIpc) is 2.65. The van der Waals surface area contributed by atoms with Crippen LogP contribution < -0.4 is 0 Å². The Balaban J connectivity index is 1.52. The third-order valence-electron chi connectivity index (χ3n) is 4.17. The molecule has 0 bridgehead atoms. The van der Waals surface area contributed by atoms with Crippen LogP contribution >= 0.6 is 0 Å². The molecule has 0 spiro atoms. The first-order valence-electron chi connectivity index (χ1n) is 7.93. The summed E-state index contributed by atoms with van der Waals surface area (Å²) in [5.74, 6) is -0.297. The van der Waals surface area contributed by atoms with Gasteiger partial charge in [0, 0.05) is 0 Å². The average molecular weight is 312 g/mol. The molecule has 116 valence electrons. The van der Waals surface area contributed by atoms with Gasteiger partial charge in [0.15, 0.2) is 0 Å². The van der Waals surface area contributed by atoms with E-state index in [1.165, 1.54) is 5.39 Å². The van der Waals surface area contributed by atoms with Crippen LogP contribution in [-0.4, -0.2) is 5.97 Å². The van der Waals surface area contributed by atoms with E-state index in [1.807, 2.05) is 60.7 Å². The van der Waals surface area contributed by atoms with Crippen molar-refractivity contribution in [3.05, 3.63) is 96.1 Å². The molecule has 0 saturated heterocycles. The van der Waals surface area contributed by atoms with E-state index in [9.17, 15) is 4.79 Å². The van der Waals surface area contributed by atoms with Gasteiger partial charge < -0.3 is 4.74 Å². The minimum Gasteiger partial charge on any atom is -0.457 e. The van der Waals surface area contributed by atoms with Gasteiger partial charge in [0.05, 0.1) is 5.56 Å². The molecule has 0 fully saturated rings. The molecule has 24 heavy (non-hydrogen) atoms. The van der Waals surface area contributed by atoms with Crippen molar-refractivity contribution in [1.29, 1.82) is 0 Å². The zero-order valence-electron chi connectivity index (χ0n) is 13.1. The van der Waals surface area contributed by atoms with Crippen molar-refractivity contribution in [2.24, 2.45) is 0 Å². The highest BCUT2D eigenvalue weighted by atomic mass is 16.5. The van der Waals surface area contributed by atoms with Crippen LogP contribution in [-0.2, 0) is 11.3 Å². The molecule has 2 heteroatoms. The molecule has 0 aromatic heterocycles. The van der Waals surface area contributed by atoms with Crippen LogP contribution in [0.5, 0.6) is 0 Å². The molecular formula is C22H16O2. The Morgan fingerprint density at radius 2 is 1.25 bits per heavy atom. The van der Waals surface area contributed by atoms with Gasteiger partial charge in [-0.1, -0.05) is 66.7 Å². The number of hydrogen-bond donors (Lipinski definition) is 0. The molecule has 0 aliphatic rings. The molecule has 0 unspecified atom stereocenters. The molecule has 2 nitrogen and oxygen atoms in total. The highest BCUT2D eigenvalue weighted by Gasteiger charge is 2.08. The zero-order chi connectivity index (χ0) is 16.4. The molecule has 4 aromatic carbocycles. The quantitative estimate of drug-likeness (QED) is 0.477. The van der Waals surface area contributed by atoms with Gasteiger partial charge in [-0.05, 0) is 45.3 Å². The van der Waals surface area contributed by atoms with Gasteiger partial charge in [0.2, 0.25) is 0 Å². The van der Waals surface area contributed by atoms with Gasteiger partial charge in [-0.3, -0.25) is 0 Å². The van der Waals surface area contributed by atoms with Crippen LogP contribution in [0.25, 0.3) is 21.5 Å². The molecule has 4 aromatic rings. The Labute approximate surface area is 140 Å². The summed E-state index contributed by atoms with van der Waals surface area (Å²) in [5, 5.41) is 4.49. The zero-order valence-corrected chi connectivity index (χ0v) is 13.1. The third kappa shape index (κ3) is 2.86. The van der Waals surface area contributed by atoms with Crippen molar-refractivity contribution >= 4 is 27.5 Å². The van der Waals surface area contributed by atoms with E-state index >= 15 is 0 Å². The van der Waals surface area contributed by atoms with Crippen LogP contribution in [0.15, 0.2) is 84.9 Å². The van der Waals surface area contributed by atoms with Crippen LogP contribution in [0.1, 0.15) is 15.9 Å². The molecule has 0 aliphatic heterocycles. The Hall–Kier alpha value is -3.13. The van der Waals surface area contributed by atoms with Crippen molar-refractivity contribution in [2.45, 2.75) is 6.61 Å². The number of carbonyl (C=O) groups excluding carboxylic acids is 1. The van der Waals surface area contributed by atoms with Gasteiger partial charge in [0.1, 0.15) is 6.61 Å². The van der Waals surface area contributed by atoms with Crippen molar-refractivity contribution in [3.8, 4) is 0 Å². The number of rotatable bonds is 3. The summed E-state index contributed by atoms with van der Waals surface area (Å²) in [4.78, 5) is 12.3. The lowest BCUT2D eigenvalue weighted by atomic mass is 10.1. The van der Waals surface area contributed by atoms with Crippen molar-refractivity contribution < 1.29 is 9.53 Å². The summed E-state index contributed by atoms with van der Waals surface area (Å²) in [5.41, 5.74) is 1.57. The predicted molar refractivity (Wildman–Crippen MR) is 97.0 cm³/mol. The SMILES string of the molecule is O=C(OCc1ccc2ccccc2c1)c1ccc2ccccc2c1. The highest BCUT2D eigenvalue weighted by Crippen LogP contribution is 2.18. The maximum absolute atomic E-state index is 12.3. The Morgan fingerprint density at radius 1 is 0.667 bits per heavy atom. The second-order valence-corrected chi connectivity index (χ2v) is 5.82. The molecule has 0 saturated carbocycles. The van der Waals surface area contributed by atoms with Crippen molar-refractivity contribution in [3.63, 3.8) is 0 Å². The second kappa shape index (κ2) is 6.17. The number of ether oxygens (including phenoxy) is 1. The van der Waals surface area contributed by atoms with Gasteiger partial charge in [-0.25, -0.2) is 4.79 Å².